The molecule has 0 radical (unpaired) electrons. The monoisotopic (exact) mass is 398 g/mol. The Morgan fingerprint density at radius 2 is 2.14 bits per heavy atom. The normalized spacial score (nSPS) is 24.2. The van der Waals surface area contributed by atoms with Gasteiger partial charge in [-0.25, -0.2) is 23.7 Å². The van der Waals surface area contributed by atoms with Gasteiger partial charge < -0.3 is 15.6 Å². The number of pyridine rings is 1. The molecule has 4 heterocycles. The Kier molecular flexibility index (Phi) is 4.18. The number of nitrogens with one attached hydrogen (secondary N) is 3. The van der Waals surface area contributed by atoms with Crippen molar-refractivity contribution in [1.82, 2.24) is 25.3 Å². The van der Waals surface area contributed by atoms with Gasteiger partial charge in [-0.1, -0.05) is 6.42 Å². The number of fused-ring (bicyclic) bond motifs is 1. The molecule has 1 aliphatic heterocycles. The summed E-state index contributed by atoms with van der Waals surface area (Å²) in [4.78, 5) is 27.1. The minimum absolute atomic E-state index is 0.0239. The van der Waals surface area contributed by atoms with E-state index in [1.807, 2.05) is 0 Å². The highest BCUT2D eigenvalue weighted by Crippen LogP contribution is 2.42. The highest BCUT2D eigenvalue weighted by Gasteiger charge is 2.42. The largest absolute Gasteiger partial charge is 0.365 e. The molecule has 1 saturated carbocycles. The van der Waals surface area contributed by atoms with Crippen LogP contribution in [-0.4, -0.2) is 38.4 Å². The van der Waals surface area contributed by atoms with Crippen LogP contribution in [0.5, 0.6) is 0 Å². The molecule has 2 fully saturated rings. The number of H-pyrrole nitrogens is 1. The second-order valence-corrected chi connectivity index (χ2v) is 8.03. The van der Waals surface area contributed by atoms with E-state index in [1.54, 1.807) is 6.20 Å². The van der Waals surface area contributed by atoms with Crippen LogP contribution in [0.1, 0.15) is 32.1 Å². The predicted octanol–water partition coefficient (Wildman–Crippen LogP) is 3.16. The number of anilines is 1. The lowest BCUT2D eigenvalue weighted by atomic mass is 9.71. The summed E-state index contributed by atoms with van der Waals surface area (Å²) in [5.74, 6) is -0.519. The lowest BCUT2D eigenvalue weighted by Gasteiger charge is -2.37. The third-order valence-electron chi connectivity index (χ3n) is 5.96. The molecular formula is C20H20F2N6O. The molecule has 3 aromatic heterocycles. The number of amides is 1. The van der Waals surface area contributed by atoms with Crippen molar-refractivity contribution >= 4 is 22.8 Å². The van der Waals surface area contributed by atoms with Gasteiger partial charge in [0.1, 0.15) is 11.5 Å². The van der Waals surface area contributed by atoms with Gasteiger partial charge in [0.2, 0.25) is 5.91 Å². The zero-order valence-corrected chi connectivity index (χ0v) is 15.6. The van der Waals surface area contributed by atoms with Crippen molar-refractivity contribution in [3.8, 4) is 11.4 Å². The van der Waals surface area contributed by atoms with Crippen LogP contribution in [0, 0.1) is 17.0 Å². The Labute approximate surface area is 165 Å². The van der Waals surface area contributed by atoms with E-state index in [9.17, 15) is 13.6 Å². The third-order valence-corrected chi connectivity index (χ3v) is 5.96. The van der Waals surface area contributed by atoms with Gasteiger partial charge in [-0.2, -0.15) is 0 Å². The summed E-state index contributed by atoms with van der Waals surface area (Å²) >= 11 is 0. The maximum Gasteiger partial charge on any atom is 0.220 e. The van der Waals surface area contributed by atoms with Crippen LogP contribution in [-0.2, 0) is 4.79 Å². The number of halogens is 2. The SMILES string of the molecule is O=C1C[C@]2(CCC[C@H](Nc3nc(-c4c[nH]c5ncc(F)cc45)ncc3F)C2)CN1. The van der Waals surface area contributed by atoms with Crippen molar-refractivity contribution in [2.45, 2.75) is 38.1 Å². The number of hydrogen-bond acceptors (Lipinski definition) is 5. The third kappa shape index (κ3) is 3.30. The van der Waals surface area contributed by atoms with Crippen molar-refractivity contribution in [2.75, 3.05) is 11.9 Å². The fourth-order valence-electron chi connectivity index (χ4n) is 4.60. The number of carbonyl (C=O) groups excluding carboxylic acids is 1. The van der Waals surface area contributed by atoms with Gasteiger partial charge in [-0.3, -0.25) is 4.79 Å². The van der Waals surface area contributed by atoms with Gasteiger partial charge >= 0.3 is 0 Å². The first-order valence-corrected chi connectivity index (χ1v) is 9.70. The van der Waals surface area contributed by atoms with Crippen LogP contribution in [0.4, 0.5) is 14.6 Å². The first kappa shape index (κ1) is 18.0. The molecule has 2 aliphatic rings. The van der Waals surface area contributed by atoms with Gasteiger partial charge in [0.05, 0.1) is 12.4 Å². The lowest BCUT2D eigenvalue weighted by molar-refractivity contribution is -0.119. The number of carbonyl (C=O) groups is 1. The first-order chi connectivity index (χ1) is 14.0. The maximum absolute atomic E-state index is 14.4. The Balaban J connectivity index is 1.42. The molecule has 0 unspecified atom stereocenters. The van der Waals surface area contributed by atoms with E-state index in [2.05, 4.69) is 30.6 Å². The quantitative estimate of drug-likeness (QED) is 0.630. The molecule has 2 atom stereocenters. The number of nitrogens with zero attached hydrogens (tertiary/aromatic N) is 3. The molecule has 1 aliphatic carbocycles. The van der Waals surface area contributed by atoms with Crippen molar-refractivity contribution in [1.29, 1.82) is 0 Å². The zero-order chi connectivity index (χ0) is 20.0. The number of aromatic amines is 1. The van der Waals surface area contributed by atoms with Crippen LogP contribution in [0.2, 0.25) is 0 Å². The molecule has 0 bridgehead atoms. The van der Waals surface area contributed by atoms with Gasteiger partial charge in [0.15, 0.2) is 17.5 Å². The zero-order valence-electron chi connectivity index (χ0n) is 15.6. The summed E-state index contributed by atoms with van der Waals surface area (Å²) in [5, 5.41) is 6.67. The average molecular weight is 398 g/mol. The molecule has 0 aromatic carbocycles. The van der Waals surface area contributed by atoms with E-state index >= 15 is 0 Å². The lowest BCUT2D eigenvalue weighted by Crippen LogP contribution is -2.37. The average Bonchev–Trinajstić information content (AvgIpc) is 3.27. The predicted molar refractivity (Wildman–Crippen MR) is 103 cm³/mol. The fraction of sp³-hybridized carbons (Fsp3) is 0.400. The van der Waals surface area contributed by atoms with E-state index in [0.717, 1.165) is 38.1 Å². The Morgan fingerprint density at radius 1 is 1.24 bits per heavy atom. The van der Waals surface area contributed by atoms with Gasteiger partial charge in [0.25, 0.3) is 0 Å². The molecule has 150 valence electrons. The fourth-order valence-corrected chi connectivity index (χ4v) is 4.60. The van der Waals surface area contributed by atoms with Crippen molar-refractivity contribution in [3.05, 3.63) is 36.3 Å². The molecule has 3 N–H and O–H groups in total. The molecule has 1 spiro atoms. The highest BCUT2D eigenvalue weighted by molar-refractivity contribution is 5.91. The van der Waals surface area contributed by atoms with E-state index in [0.29, 0.717) is 29.6 Å². The summed E-state index contributed by atoms with van der Waals surface area (Å²) < 4.78 is 28.1. The van der Waals surface area contributed by atoms with Crippen molar-refractivity contribution < 1.29 is 13.6 Å². The summed E-state index contributed by atoms with van der Waals surface area (Å²) in [6, 6.07) is 1.37. The Bertz CT molecular complexity index is 1100. The molecule has 7 nitrogen and oxygen atoms in total. The second-order valence-electron chi connectivity index (χ2n) is 8.03. The van der Waals surface area contributed by atoms with Gasteiger partial charge in [-0.15, -0.1) is 0 Å². The van der Waals surface area contributed by atoms with Gasteiger partial charge in [-0.05, 0) is 30.7 Å². The molecule has 1 amide bonds. The number of rotatable bonds is 3. The maximum atomic E-state index is 14.4. The van der Waals surface area contributed by atoms with Crippen LogP contribution in [0.15, 0.2) is 24.7 Å². The molecular weight excluding hydrogens is 378 g/mol. The topological polar surface area (TPSA) is 95.6 Å². The first-order valence-electron chi connectivity index (χ1n) is 9.70. The molecule has 5 rings (SSSR count). The van der Waals surface area contributed by atoms with Crippen LogP contribution < -0.4 is 10.6 Å². The summed E-state index contributed by atoms with van der Waals surface area (Å²) in [6.45, 7) is 0.676. The van der Waals surface area contributed by atoms with Crippen LogP contribution in [0.25, 0.3) is 22.4 Å². The minimum atomic E-state index is -0.543. The van der Waals surface area contributed by atoms with Crippen LogP contribution in [0.3, 0.4) is 0 Å². The Hall–Kier alpha value is -3.10. The Morgan fingerprint density at radius 3 is 2.97 bits per heavy atom. The molecule has 3 aromatic rings. The molecule has 9 heteroatoms. The smallest absolute Gasteiger partial charge is 0.220 e. The molecule has 1 saturated heterocycles. The number of aromatic nitrogens is 4. The van der Waals surface area contributed by atoms with Crippen LogP contribution >= 0.6 is 0 Å². The summed E-state index contributed by atoms with van der Waals surface area (Å²) in [5.41, 5.74) is 1.01. The van der Waals surface area contributed by atoms with E-state index < -0.39 is 11.6 Å². The van der Waals surface area contributed by atoms with E-state index in [1.165, 1.54) is 6.07 Å². The molecule has 29 heavy (non-hydrogen) atoms. The number of hydrogen-bond donors (Lipinski definition) is 3. The highest BCUT2D eigenvalue weighted by atomic mass is 19.1. The van der Waals surface area contributed by atoms with E-state index in [-0.39, 0.29) is 29.0 Å². The standard InChI is InChI=1S/C20H20F2N6O/c21-11-4-13-14(8-24-17(13)23-7-11)18-25-9-15(22)19(28-18)27-12-2-1-3-20(5-12)6-16(29)26-10-20/h4,7-9,12H,1-3,5-6,10H2,(H,23,24)(H,26,29)(H,25,27,28)/t12-,20+/m0/s1. The van der Waals surface area contributed by atoms with Crippen molar-refractivity contribution in [3.63, 3.8) is 0 Å². The summed E-state index contributed by atoms with van der Waals surface area (Å²) in [6.07, 6.45) is 8.05. The van der Waals surface area contributed by atoms with Crippen molar-refractivity contribution in [2.24, 2.45) is 5.41 Å². The van der Waals surface area contributed by atoms with E-state index in [4.69, 9.17) is 0 Å². The van der Waals surface area contributed by atoms with Gasteiger partial charge in [0, 0.05) is 36.2 Å². The minimum Gasteiger partial charge on any atom is -0.365 e. The second kappa shape index (κ2) is 6.75. The summed E-state index contributed by atoms with van der Waals surface area (Å²) in [7, 11) is 0.